The number of pyridine rings is 1. The number of thioether (sulfide) groups is 1. The Morgan fingerprint density at radius 1 is 1.21 bits per heavy atom. The minimum absolute atomic E-state index is 0.0742. The first-order valence-corrected chi connectivity index (χ1v) is 7.97. The molecule has 0 aliphatic heterocycles. The molecule has 0 amide bonds. The van der Waals surface area contributed by atoms with Crippen molar-refractivity contribution in [1.29, 1.82) is 0 Å². The summed E-state index contributed by atoms with van der Waals surface area (Å²) in [6.07, 6.45) is 5.47. The number of aliphatic hydroxyl groups is 1. The molecular formula is C16H19NOS. The molecule has 1 N–H and O–H groups in total. The van der Waals surface area contributed by atoms with Gasteiger partial charge < -0.3 is 5.11 Å². The Morgan fingerprint density at radius 2 is 2.00 bits per heavy atom. The van der Waals surface area contributed by atoms with E-state index >= 15 is 0 Å². The molecule has 100 valence electrons. The van der Waals surface area contributed by atoms with Crippen molar-refractivity contribution in [2.45, 2.75) is 37.3 Å². The van der Waals surface area contributed by atoms with Crippen molar-refractivity contribution in [1.82, 2.24) is 4.98 Å². The van der Waals surface area contributed by atoms with Gasteiger partial charge in [0.2, 0.25) is 0 Å². The molecule has 1 aromatic heterocycles. The van der Waals surface area contributed by atoms with E-state index < -0.39 is 0 Å². The monoisotopic (exact) mass is 273 g/mol. The maximum Gasteiger partial charge on any atom is 0.102 e. The maximum atomic E-state index is 9.52. The number of aliphatic hydroxyl groups excluding tert-OH is 1. The van der Waals surface area contributed by atoms with Gasteiger partial charge in [0.25, 0.3) is 0 Å². The number of rotatable bonds is 4. The first-order valence-electron chi connectivity index (χ1n) is 6.99. The zero-order valence-electron chi connectivity index (χ0n) is 11.0. The van der Waals surface area contributed by atoms with Gasteiger partial charge in [-0.25, -0.2) is 4.98 Å². The maximum absolute atomic E-state index is 9.52. The van der Waals surface area contributed by atoms with Gasteiger partial charge in [-0.2, -0.15) is 0 Å². The van der Waals surface area contributed by atoms with Crippen LogP contribution < -0.4 is 0 Å². The molecule has 0 saturated heterocycles. The fourth-order valence-electron chi connectivity index (χ4n) is 2.75. The van der Waals surface area contributed by atoms with Gasteiger partial charge in [-0.05, 0) is 30.9 Å². The molecule has 1 aromatic carbocycles. The molecule has 1 aliphatic carbocycles. The second-order valence-electron chi connectivity index (χ2n) is 5.26. The van der Waals surface area contributed by atoms with E-state index in [4.69, 9.17) is 4.98 Å². The Hall–Kier alpha value is -1.06. The van der Waals surface area contributed by atoms with Crippen molar-refractivity contribution in [3.05, 3.63) is 35.9 Å². The highest BCUT2D eigenvalue weighted by Crippen LogP contribution is 2.32. The van der Waals surface area contributed by atoms with Gasteiger partial charge in [0.1, 0.15) is 5.03 Å². The topological polar surface area (TPSA) is 33.1 Å². The molecule has 0 unspecified atom stereocenters. The van der Waals surface area contributed by atoms with Gasteiger partial charge in [-0.3, -0.25) is 0 Å². The van der Waals surface area contributed by atoms with Gasteiger partial charge in [-0.1, -0.05) is 31.0 Å². The summed E-state index contributed by atoms with van der Waals surface area (Å²) in [4.78, 5) is 4.71. The van der Waals surface area contributed by atoms with E-state index in [2.05, 4.69) is 6.07 Å². The summed E-state index contributed by atoms with van der Waals surface area (Å²) in [5.74, 6) is 1.98. The van der Waals surface area contributed by atoms with Crippen molar-refractivity contribution in [3.8, 4) is 0 Å². The predicted molar refractivity (Wildman–Crippen MR) is 80.3 cm³/mol. The van der Waals surface area contributed by atoms with E-state index in [-0.39, 0.29) is 6.61 Å². The Labute approximate surface area is 118 Å². The summed E-state index contributed by atoms with van der Waals surface area (Å²) >= 11 is 1.81. The van der Waals surface area contributed by atoms with E-state index in [1.807, 2.05) is 36.0 Å². The summed E-state index contributed by atoms with van der Waals surface area (Å²) in [5.41, 5.74) is 1.98. The second kappa shape index (κ2) is 5.93. The van der Waals surface area contributed by atoms with Crippen LogP contribution in [0, 0.1) is 5.92 Å². The van der Waals surface area contributed by atoms with Gasteiger partial charge in [-0.15, -0.1) is 11.8 Å². The Morgan fingerprint density at radius 3 is 2.79 bits per heavy atom. The fourth-order valence-corrected chi connectivity index (χ4v) is 3.95. The predicted octanol–water partition coefficient (Wildman–Crippen LogP) is 4.01. The van der Waals surface area contributed by atoms with Crippen molar-refractivity contribution < 1.29 is 5.11 Å². The third-order valence-corrected chi connectivity index (χ3v) is 5.13. The third kappa shape index (κ3) is 2.93. The molecule has 1 aliphatic rings. The number of aromatic nitrogens is 1. The Bertz CT molecular complexity index is 564. The van der Waals surface area contributed by atoms with Crippen LogP contribution in [0.2, 0.25) is 0 Å². The van der Waals surface area contributed by atoms with Crippen molar-refractivity contribution >= 4 is 22.7 Å². The smallest absolute Gasteiger partial charge is 0.102 e. The largest absolute Gasteiger partial charge is 0.392 e. The normalized spacial score (nSPS) is 16.3. The number of nitrogens with zero attached hydrogens (tertiary/aromatic N) is 1. The highest BCUT2D eigenvalue weighted by atomic mass is 32.2. The quantitative estimate of drug-likeness (QED) is 0.854. The van der Waals surface area contributed by atoms with Crippen LogP contribution in [0.1, 0.15) is 31.2 Å². The van der Waals surface area contributed by atoms with Crippen molar-refractivity contribution in [2.75, 3.05) is 5.75 Å². The van der Waals surface area contributed by atoms with Crippen LogP contribution in [-0.4, -0.2) is 15.8 Å². The molecule has 3 heteroatoms. The molecule has 1 fully saturated rings. The lowest BCUT2D eigenvalue weighted by Crippen LogP contribution is -1.99. The van der Waals surface area contributed by atoms with Crippen LogP contribution in [0.5, 0.6) is 0 Å². The van der Waals surface area contributed by atoms with Gasteiger partial charge >= 0.3 is 0 Å². The molecule has 1 heterocycles. The van der Waals surface area contributed by atoms with E-state index in [0.29, 0.717) is 0 Å². The van der Waals surface area contributed by atoms with E-state index in [1.165, 1.54) is 25.7 Å². The number of hydrogen-bond acceptors (Lipinski definition) is 3. The molecular weight excluding hydrogens is 254 g/mol. The summed E-state index contributed by atoms with van der Waals surface area (Å²) in [6, 6.07) is 10.2. The first kappa shape index (κ1) is 12.9. The lowest BCUT2D eigenvalue weighted by molar-refractivity contribution is 0.278. The van der Waals surface area contributed by atoms with Crippen LogP contribution in [0.25, 0.3) is 10.9 Å². The number of benzene rings is 1. The van der Waals surface area contributed by atoms with Crippen LogP contribution in [0.4, 0.5) is 0 Å². The molecule has 19 heavy (non-hydrogen) atoms. The Kier molecular flexibility index (Phi) is 4.04. The van der Waals surface area contributed by atoms with E-state index in [0.717, 1.165) is 33.2 Å². The minimum Gasteiger partial charge on any atom is -0.392 e. The highest BCUT2D eigenvalue weighted by Gasteiger charge is 2.16. The lowest BCUT2D eigenvalue weighted by Gasteiger charge is -2.11. The number of para-hydroxylation sites is 1. The summed E-state index contributed by atoms with van der Waals surface area (Å²) < 4.78 is 0. The van der Waals surface area contributed by atoms with Crippen LogP contribution in [0.3, 0.4) is 0 Å². The number of hydrogen-bond donors (Lipinski definition) is 1. The van der Waals surface area contributed by atoms with Crippen molar-refractivity contribution in [3.63, 3.8) is 0 Å². The average molecular weight is 273 g/mol. The Balaban J connectivity index is 1.83. The molecule has 1 saturated carbocycles. The highest BCUT2D eigenvalue weighted by molar-refractivity contribution is 7.99. The summed E-state index contributed by atoms with van der Waals surface area (Å²) in [6.45, 7) is 0.0742. The average Bonchev–Trinajstić information content (AvgIpc) is 2.97. The van der Waals surface area contributed by atoms with Gasteiger partial charge in [0.05, 0.1) is 12.1 Å². The van der Waals surface area contributed by atoms with E-state index in [1.54, 1.807) is 0 Å². The molecule has 0 atom stereocenters. The van der Waals surface area contributed by atoms with Gasteiger partial charge in [0, 0.05) is 16.7 Å². The molecule has 0 radical (unpaired) electrons. The van der Waals surface area contributed by atoms with Crippen LogP contribution in [-0.2, 0) is 6.61 Å². The third-order valence-electron chi connectivity index (χ3n) is 3.86. The fraction of sp³-hybridized carbons (Fsp3) is 0.438. The van der Waals surface area contributed by atoms with Crippen LogP contribution in [0.15, 0.2) is 35.4 Å². The zero-order chi connectivity index (χ0) is 13.1. The molecule has 3 rings (SSSR count). The second-order valence-corrected chi connectivity index (χ2v) is 6.27. The zero-order valence-corrected chi connectivity index (χ0v) is 11.8. The van der Waals surface area contributed by atoms with Gasteiger partial charge in [0.15, 0.2) is 0 Å². The first-order chi connectivity index (χ1) is 9.36. The minimum atomic E-state index is 0.0742. The SMILES string of the molecule is OCc1cc2ccccc2nc1SCC1CCCC1. The van der Waals surface area contributed by atoms with Crippen molar-refractivity contribution in [2.24, 2.45) is 5.92 Å². The molecule has 2 aromatic rings. The standard InChI is InChI=1S/C16H19NOS/c18-10-14-9-13-7-3-4-8-15(13)17-16(14)19-11-12-5-1-2-6-12/h3-4,7-9,12,18H,1-2,5-6,10-11H2. The number of fused-ring (bicyclic) bond motifs is 1. The van der Waals surface area contributed by atoms with Crippen LogP contribution >= 0.6 is 11.8 Å². The summed E-state index contributed by atoms with van der Waals surface area (Å²) in [5, 5.41) is 11.6. The molecule has 2 nitrogen and oxygen atoms in total. The van der Waals surface area contributed by atoms with E-state index in [9.17, 15) is 5.11 Å². The molecule has 0 bridgehead atoms. The summed E-state index contributed by atoms with van der Waals surface area (Å²) in [7, 11) is 0. The molecule has 0 spiro atoms. The lowest BCUT2D eigenvalue weighted by atomic mass is 10.1.